The molecule has 0 saturated carbocycles. The monoisotopic (exact) mass is 611 g/mol. The van der Waals surface area contributed by atoms with Crippen LogP contribution in [0.5, 0.6) is 17.4 Å². The highest BCUT2D eigenvalue weighted by Gasteiger charge is 2.26. The van der Waals surface area contributed by atoms with Gasteiger partial charge < -0.3 is 30.0 Å². The van der Waals surface area contributed by atoms with Crippen molar-refractivity contribution in [2.24, 2.45) is 0 Å². The Labute approximate surface area is 255 Å². The molecule has 0 aliphatic rings. The Kier molecular flexibility index (Phi) is 8.51. The standard InChI is InChI=1S/C32H34N7O4P/c1-32(2,3)20-15-25(29(42-4)27(16-20)44(5,6)41)38-31(40)37-24-11-12-26(23-10-8-7-9-22(23)24)43-28-13-14-35-30(39-28)36-21-17-33-19-34-18-21/h7-19H,1-6H3,(H,35,36,39)(H2,37,38,40). The van der Waals surface area contributed by atoms with Gasteiger partial charge in [-0.15, -0.1) is 0 Å². The molecule has 2 amide bonds. The second-order valence-corrected chi connectivity index (χ2v) is 14.7. The van der Waals surface area contributed by atoms with Crippen LogP contribution in [0.2, 0.25) is 0 Å². The fourth-order valence-corrected chi connectivity index (χ4v) is 5.71. The highest BCUT2D eigenvalue weighted by atomic mass is 31.2. The third-order valence-corrected chi connectivity index (χ3v) is 8.25. The van der Waals surface area contributed by atoms with Crippen molar-refractivity contribution in [1.29, 1.82) is 0 Å². The van der Waals surface area contributed by atoms with Crippen LogP contribution in [0.25, 0.3) is 10.8 Å². The van der Waals surface area contributed by atoms with E-state index in [-0.39, 0.29) is 5.41 Å². The molecule has 0 saturated heterocycles. The number of benzene rings is 3. The summed E-state index contributed by atoms with van der Waals surface area (Å²) in [7, 11) is -1.22. The second kappa shape index (κ2) is 12.3. The minimum absolute atomic E-state index is 0.244. The number of hydrogen-bond acceptors (Lipinski definition) is 9. The minimum atomic E-state index is -2.72. The zero-order valence-electron chi connectivity index (χ0n) is 25.4. The summed E-state index contributed by atoms with van der Waals surface area (Å²) in [5, 5.41) is 11.0. The topological polar surface area (TPSA) is 140 Å². The lowest BCUT2D eigenvalue weighted by atomic mass is 9.86. The lowest BCUT2D eigenvalue weighted by Crippen LogP contribution is -2.23. The number of urea groups is 1. The van der Waals surface area contributed by atoms with Crippen molar-refractivity contribution < 1.29 is 18.8 Å². The van der Waals surface area contributed by atoms with Gasteiger partial charge in [0.15, 0.2) is 5.75 Å². The molecule has 0 aliphatic heterocycles. The Morgan fingerprint density at radius 3 is 2.30 bits per heavy atom. The third-order valence-electron chi connectivity index (χ3n) is 6.76. The summed E-state index contributed by atoms with van der Waals surface area (Å²) >= 11 is 0. The first-order chi connectivity index (χ1) is 20.9. The van der Waals surface area contributed by atoms with Crippen molar-refractivity contribution in [3.05, 3.63) is 85.1 Å². The number of rotatable bonds is 8. The zero-order valence-corrected chi connectivity index (χ0v) is 26.3. The quantitative estimate of drug-likeness (QED) is 0.156. The molecule has 5 aromatic rings. The van der Waals surface area contributed by atoms with Gasteiger partial charge in [0.2, 0.25) is 11.8 Å². The third kappa shape index (κ3) is 6.95. The maximum absolute atomic E-state index is 13.4. The van der Waals surface area contributed by atoms with E-state index in [4.69, 9.17) is 9.47 Å². The maximum Gasteiger partial charge on any atom is 0.323 e. The van der Waals surface area contributed by atoms with Crippen molar-refractivity contribution >= 4 is 52.3 Å². The van der Waals surface area contributed by atoms with E-state index in [0.29, 0.717) is 45.7 Å². The van der Waals surface area contributed by atoms with Gasteiger partial charge in [0.1, 0.15) is 19.2 Å². The van der Waals surface area contributed by atoms with E-state index in [1.54, 1.807) is 50.1 Å². The molecule has 12 heteroatoms. The van der Waals surface area contributed by atoms with E-state index < -0.39 is 13.2 Å². The van der Waals surface area contributed by atoms with E-state index in [2.05, 4.69) is 56.7 Å². The molecular formula is C32H34N7O4P. The molecule has 0 aliphatic carbocycles. The molecule has 5 rings (SSSR count). The van der Waals surface area contributed by atoms with Crippen LogP contribution in [0, 0.1) is 0 Å². The van der Waals surface area contributed by atoms with Gasteiger partial charge in [-0.1, -0.05) is 45.0 Å². The van der Waals surface area contributed by atoms with Crippen molar-refractivity contribution in [3.8, 4) is 17.4 Å². The van der Waals surface area contributed by atoms with Gasteiger partial charge in [0.25, 0.3) is 0 Å². The van der Waals surface area contributed by atoms with Crippen LogP contribution in [0.15, 0.2) is 79.5 Å². The summed E-state index contributed by atoms with van der Waals surface area (Å²) in [6.45, 7) is 9.56. The second-order valence-electron chi connectivity index (χ2n) is 11.5. The Hall–Kier alpha value is -5.02. The van der Waals surface area contributed by atoms with Gasteiger partial charge in [-0.2, -0.15) is 4.98 Å². The lowest BCUT2D eigenvalue weighted by Gasteiger charge is -2.25. The number of aromatic nitrogens is 4. The number of anilines is 4. The maximum atomic E-state index is 13.4. The Bertz CT molecular complexity index is 1870. The van der Waals surface area contributed by atoms with Crippen LogP contribution in [0.1, 0.15) is 26.3 Å². The molecule has 226 valence electrons. The van der Waals surface area contributed by atoms with Gasteiger partial charge in [0, 0.05) is 23.0 Å². The smallest absolute Gasteiger partial charge is 0.323 e. The van der Waals surface area contributed by atoms with Gasteiger partial charge >= 0.3 is 6.03 Å². The van der Waals surface area contributed by atoms with Gasteiger partial charge in [-0.3, -0.25) is 0 Å². The molecule has 3 aromatic carbocycles. The van der Waals surface area contributed by atoms with E-state index in [9.17, 15) is 9.36 Å². The molecular weight excluding hydrogens is 577 g/mol. The first-order valence-corrected chi connectivity index (χ1v) is 16.4. The number of ether oxygens (including phenoxy) is 2. The van der Waals surface area contributed by atoms with Crippen LogP contribution in [-0.4, -0.2) is 46.4 Å². The number of methoxy groups -OCH3 is 1. The highest BCUT2D eigenvalue weighted by molar-refractivity contribution is 7.70. The summed E-state index contributed by atoms with van der Waals surface area (Å²) in [5.74, 6) is 1.58. The first-order valence-electron chi connectivity index (χ1n) is 13.8. The predicted octanol–water partition coefficient (Wildman–Crippen LogP) is 7.15. The summed E-state index contributed by atoms with van der Waals surface area (Å²) < 4.78 is 25.0. The molecule has 44 heavy (non-hydrogen) atoms. The fourth-order valence-electron chi connectivity index (χ4n) is 4.56. The van der Waals surface area contributed by atoms with Crippen molar-refractivity contribution in [3.63, 3.8) is 0 Å². The average Bonchev–Trinajstić information content (AvgIpc) is 2.98. The number of carbonyl (C=O) groups is 1. The van der Waals surface area contributed by atoms with Gasteiger partial charge in [-0.25, -0.2) is 19.7 Å². The molecule has 0 radical (unpaired) electrons. The van der Waals surface area contributed by atoms with Gasteiger partial charge in [0.05, 0.1) is 41.9 Å². The number of hydrogen-bond donors (Lipinski definition) is 3. The lowest BCUT2D eigenvalue weighted by molar-refractivity contribution is 0.262. The average molecular weight is 612 g/mol. The number of carbonyl (C=O) groups excluding carboxylic acids is 1. The molecule has 11 nitrogen and oxygen atoms in total. The molecule has 2 aromatic heterocycles. The molecule has 0 bridgehead atoms. The SMILES string of the molecule is COc1c(NC(=O)Nc2ccc(Oc3ccnc(Nc4cncnc4)n3)c3ccccc23)cc(C(C)(C)C)cc1P(C)(C)=O. The summed E-state index contributed by atoms with van der Waals surface area (Å²) in [5.41, 5.74) is 2.34. The summed E-state index contributed by atoms with van der Waals surface area (Å²) in [6.07, 6.45) is 6.25. The molecule has 0 atom stereocenters. The van der Waals surface area contributed by atoms with E-state index >= 15 is 0 Å². The van der Waals surface area contributed by atoms with Crippen LogP contribution < -0.4 is 30.7 Å². The van der Waals surface area contributed by atoms with E-state index in [1.165, 1.54) is 13.4 Å². The van der Waals surface area contributed by atoms with Crippen LogP contribution >= 0.6 is 7.14 Å². The van der Waals surface area contributed by atoms with E-state index in [0.717, 1.165) is 16.3 Å². The number of amides is 2. The number of nitrogens with one attached hydrogen (secondary N) is 3. The normalized spacial score (nSPS) is 11.6. The Morgan fingerprint density at radius 1 is 0.909 bits per heavy atom. The van der Waals surface area contributed by atoms with Crippen molar-refractivity contribution in [2.75, 3.05) is 36.4 Å². The van der Waals surface area contributed by atoms with Crippen LogP contribution in [0.4, 0.5) is 27.8 Å². The number of fused-ring (bicyclic) bond motifs is 1. The van der Waals surface area contributed by atoms with E-state index in [1.807, 2.05) is 36.4 Å². The zero-order chi connectivity index (χ0) is 31.5. The van der Waals surface area contributed by atoms with Gasteiger partial charge in [-0.05, 0) is 48.6 Å². The first kappa shape index (κ1) is 30.4. The molecule has 0 unspecified atom stereocenters. The van der Waals surface area contributed by atoms with Crippen LogP contribution in [0.3, 0.4) is 0 Å². The Balaban J connectivity index is 1.41. The molecule has 0 fully saturated rings. The molecule has 2 heterocycles. The summed E-state index contributed by atoms with van der Waals surface area (Å²) in [4.78, 5) is 30.0. The highest BCUT2D eigenvalue weighted by Crippen LogP contribution is 2.43. The van der Waals surface area contributed by atoms with Crippen LogP contribution in [-0.2, 0) is 9.98 Å². The predicted molar refractivity (Wildman–Crippen MR) is 175 cm³/mol. The summed E-state index contributed by atoms with van der Waals surface area (Å²) in [6, 6.07) is 16.0. The fraction of sp³-hybridized carbons (Fsp3) is 0.219. The minimum Gasteiger partial charge on any atom is -0.494 e. The Morgan fingerprint density at radius 2 is 1.61 bits per heavy atom. The van der Waals surface area contributed by atoms with Crippen molar-refractivity contribution in [1.82, 2.24) is 19.9 Å². The molecule has 0 spiro atoms. The number of nitrogens with zero attached hydrogens (tertiary/aromatic N) is 4. The van der Waals surface area contributed by atoms with Crippen molar-refractivity contribution in [2.45, 2.75) is 26.2 Å². The largest absolute Gasteiger partial charge is 0.494 e. The molecule has 3 N–H and O–H groups in total.